The van der Waals surface area contributed by atoms with E-state index in [4.69, 9.17) is 10.5 Å². The lowest BCUT2D eigenvalue weighted by Gasteiger charge is -2.32. The summed E-state index contributed by atoms with van der Waals surface area (Å²) in [6, 6.07) is 5.15. The number of hydrogen-bond donors (Lipinski definition) is 2. The van der Waals surface area contributed by atoms with E-state index in [1.54, 1.807) is 18.2 Å². The molecular weight excluding hydrogens is 254 g/mol. The molecule has 0 saturated heterocycles. The molecule has 4 heteroatoms. The van der Waals surface area contributed by atoms with Gasteiger partial charge in [-0.15, -0.1) is 0 Å². The Morgan fingerprint density at radius 1 is 1.35 bits per heavy atom. The molecule has 1 fully saturated rings. The first kappa shape index (κ1) is 14.9. The number of carboxylic acids is 1. The minimum absolute atomic E-state index is 0.171. The molecule has 3 N–H and O–H groups in total. The van der Waals surface area contributed by atoms with E-state index in [2.05, 4.69) is 13.8 Å². The highest BCUT2D eigenvalue weighted by molar-refractivity contribution is 5.95. The van der Waals surface area contributed by atoms with Crippen molar-refractivity contribution < 1.29 is 14.6 Å². The SMILES string of the molecule is CC1CCC(OCc2cccc(N)c2C(=O)O)CC1C. The summed E-state index contributed by atoms with van der Waals surface area (Å²) in [4.78, 5) is 11.3. The largest absolute Gasteiger partial charge is 0.478 e. The summed E-state index contributed by atoms with van der Waals surface area (Å²) in [7, 11) is 0. The van der Waals surface area contributed by atoms with E-state index in [-0.39, 0.29) is 11.7 Å². The van der Waals surface area contributed by atoms with Gasteiger partial charge in [-0.25, -0.2) is 4.79 Å². The first-order chi connectivity index (χ1) is 9.49. The first-order valence-electron chi connectivity index (χ1n) is 7.21. The third-order valence-electron chi connectivity index (χ3n) is 4.42. The van der Waals surface area contributed by atoms with E-state index in [9.17, 15) is 9.90 Å². The maximum absolute atomic E-state index is 11.3. The Labute approximate surface area is 119 Å². The Hall–Kier alpha value is -1.55. The fourth-order valence-electron chi connectivity index (χ4n) is 2.86. The molecule has 2 rings (SSSR count). The molecule has 1 saturated carbocycles. The Bertz CT molecular complexity index is 487. The number of nitrogen functional groups attached to an aromatic ring is 1. The van der Waals surface area contributed by atoms with Crippen molar-refractivity contribution in [2.24, 2.45) is 11.8 Å². The topological polar surface area (TPSA) is 72.5 Å². The summed E-state index contributed by atoms with van der Waals surface area (Å²) >= 11 is 0. The van der Waals surface area contributed by atoms with E-state index in [1.807, 2.05) is 0 Å². The third kappa shape index (κ3) is 3.31. The number of rotatable bonds is 4. The maximum atomic E-state index is 11.3. The monoisotopic (exact) mass is 277 g/mol. The Balaban J connectivity index is 2.01. The summed E-state index contributed by atoms with van der Waals surface area (Å²) < 4.78 is 5.91. The van der Waals surface area contributed by atoms with E-state index >= 15 is 0 Å². The molecule has 1 aliphatic carbocycles. The van der Waals surface area contributed by atoms with Crippen LogP contribution in [0.15, 0.2) is 18.2 Å². The lowest BCUT2D eigenvalue weighted by molar-refractivity contribution is -0.00783. The third-order valence-corrected chi connectivity index (χ3v) is 4.42. The van der Waals surface area contributed by atoms with Crippen LogP contribution < -0.4 is 5.73 Å². The molecule has 1 aromatic carbocycles. The molecule has 0 amide bonds. The van der Waals surface area contributed by atoms with Gasteiger partial charge in [-0.05, 0) is 42.7 Å². The fourth-order valence-corrected chi connectivity index (χ4v) is 2.86. The molecule has 20 heavy (non-hydrogen) atoms. The van der Waals surface area contributed by atoms with Crippen LogP contribution in [0.25, 0.3) is 0 Å². The zero-order valence-corrected chi connectivity index (χ0v) is 12.1. The fraction of sp³-hybridized carbons (Fsp3) is 0.562. The smallest absolute Gasteiger partial charge is 0.338 e. The molecule has 0 bridgehead atoms. The summed E-state index contributed by atoms with van der Waals surface area (Å²) in [5.41, 5.74) is 6.86. The normalized spacial score (nSPS) is 26.4. The highest BCUT2D eigenvalue weighted by atomic mass is 16.5. The van der Waals surface area contributed by atoms with Crippen LogP contribution in [0.2, 0.25) is 0 Å². The number of hydrogen-bond acceptors (Lipinski definition) is 3. The minimum atomic E-state index is -0.993. The molecule has 0 aliphatic heterocycles. The van der Waals surface area contributed by atoms with Crippen molar-refractivity contribution >= 4 is 11.7 Å². The van der Waals surface area contributed by atoms with Gasteiger partial charge < -0.3 is 15.6 Å². The average Bonchev–Trinajstić information content (AvgIpc) is 2.39. The van der Waals surface area contributed by atoms with Gasteiger partial charge in [-0.2, -0.15) is 0 Å². The lowest BCUT2D eigenvalue weighted by Crippen LogP contribution is -2.26. The standard InChI is InChI=1S/C16H23NO3/c1-10-6-7-13(8-11(10)2)20-9-12-4-3-5-14(17)15(12)16(18)19/h3-5,10-11,13H,6-9,17H2,1-2H3,(H,18,19). The second kappa shape index (κ2) is 6.27. The van der Waals surface area contributed by atoms with Crippen LogP contribution in [-0.4, -0.2) is 17.2 Å². The van der Waals surface area contributed by atoms with Gasteiger partial charge in [0.1, 0.15) is 0 Å². The van der Waals surface area contributed by atoms with Crippen molar-refractivity contribution in [1.82, 2.24) is 0 Å². The van der Waals surface area contributed by atoms with Crippen molar-refractivity contribution in [3.63, 3.8) is 0 Å². The van der Waals surface area contributed by atoms with Crippen LogP contribution in [0, 0.1) is 11.8 Å². The summed E-state index contributed by atoms with van der Waals surface area (Å²) in [6.07, 6.45) is 3.50. The quantitative estimate of drug-likeness (QED) is 0.828. The van der Waals surface area contributed by atoms with Gasteiger partial charge in [-0.3, -0.25) is 0 Å². The van der Waals surface area contributed by atoms with Crippen molar-refractivity contribution in [2.75, 3.05) is 5.73 Å². The predicted octanol–water partition coefficient (Wildman–Crippen LogP) is 3.31. The van der Waals surface area contributed by atoms with Crippen LogP contribution in [0.3, 0.4) is 0 Å². The number of carboxylic acid groups (broad SMARTS) is 1. The van der Waals surface area contributed by atoms with Gasteiger partial charge in [0.15, 0.2) is 0 Å². The van der Waals surface area contributed by atoms with E-state index in [1.165, 1.54) is 6.42 Å². The summed E-state index contributed by atoms with van der Waals surface area (Å²) in [6.45, 7) is 4.85. The van der Waals surface area contributed by atoms with Gasteiger partial charge in [-0.1, -0.05) is 26.0 Å². The van der Waals surface area contributed by atoms with Crippen LogP contribution in [0.1, 0.15) is 49.0 Å². The second-order valence-electron chi connectivity index (χ2n) is 5.89. The Morgan fingerprint density at radius 3 is 2.75 bits per heavy atom. The lowest BCUT2D eigenvalue weighted by atomic mass is 9.80. The van der Waals surface area contributed by atoms with Gasteiger partial charge in [0.2, 0.25) is 0 Å². The Morgan fingerprint density at radius 2 is 2.10 bits per heavy atom. The van der Waals surface area contributed by atoms with Gasteiger partial charge in [0, 0.05) is 5.69 Å². The van der Waals surface area contributed by atoms with Crippen molar-refractivity contribution in [3.05, 3.63) is 29.3 Å². The zero-order chi connectivity index (χ0) is 14.7. The van der Waals surface area contributed by atoms with Crippen LogP contribution >= 0.6 is 0 Å². The second-order valence-corrected chi connectivity index (χ2v) is 5.89. The number of nitrogens with two attached hydrogens (primary N) is 1. The van der Waals surface area contributed by atoms with Crippen LogP contribution in [0.5, 0.6) is 0 Å². The number of ether oxygens (including phenoxy) is 1. The zero-order valence-electron chi connectivity index (χ0n) is 12.1. The minimum Gasteiger partial charge on any atom is -0.478 e. The summed E-state index contributed by atoms with van der Waals surface area (Å²) in [5.74, 6) is 0.415. The molecule has 3 atom stereocenters. The van der Waals surface area contributed by atoms with E-state index < -0.39 is 5.97 Å². The van der Waals surface area contributed by atoms with Crippen molar-refractivity contribution in [1.29, 1.82) is 0 Å². The van der Waals surface area contributed by atoms with E-state index in [0.717, 1.165) is 18.8 Å². The molecule has 1 aromatic rings. The molecule has 0 radical (unpaired) electrons. The number of carbonyl (C=O) groups is 1. The molecule has 3 unspecified atom stereocenters. The van der Waals surface area contributed by atoms with Crippen molar-refractivity contribution in [2.45, 2.75) is 45.8 Å². The van der Waals surface area contributed by atoms with E-state index in [0.29, 0.717) is 23.8 Å². The number of benzene rings is 1. The van der Waals surface area contributed by atoms with Gasteiger partial charge in [0.25, 0.3) is 0 Å². The molecule has 110 valence electrons. The summed E-state index contributed by atoms with van der Waals surface area (Å²) in [5, 5.41) is 9.22. The van der Waals surface area contributed by atoms with Gasteiger partial charge in [0.05, 0.1) is 18.3 Å². The maximum Gasteiger partial charge on any atom is 0.338 e. The molecular formula is C16H23NO3. The first-order valence-corrected chi connectivity index (χ1v) is 7.21. The average molecular weight is 277 g/mol. The molecule has 0 aromatic heterocycles. The highest BCUT2D eigenvalue weighted by Gasteiger charge is 2.25. The molecule has 1 aliphatic rings. The molecule has 0 spiro atoms. The van der Waals surface area contributed by atoms with Crippen molar-refractivity contribution in [3.8, 4) is 0 Å². The molecule has 0 heterocycles. The number of aromatic carboxylic acids is 1. The molecule has 4 nitrogen and oxygen atoms in total. The number of anilines is 1. The Kier molecular flexibility index (Phi) is 4.65. The van der Waals surface area contributed by atoms with Gasteiger partial charge >= 0.3 is 5.97 Å². The van der Waals surface area contributed by atoms with Crippen LogP contribution in [0.4, 0.5) is 5.69 Å². The highest BCUT2D eigenvalue weighted by Crippen LogP contribution is 2.31. The van der Waals surface area contributed by atoms with Crippen LogP contribution in [-0.2, 0) is 11.3 Å². The predicted molar refractivity (Wildman–Crippen MR) is 78.6 cm³/mol.